The van der Waals surface area contributed by atoms with E-state index in [0.717, 1.165) is 88.3 Å². The van der Waals surface area contributed by atoms with Gasteiger partial charge in [0, 0.05) is 44.7 Å². The lowest BCUT2D eigenvalue weighted by atomic mass is 9.92. The lowest BCUT2D eigenvalue weighted by Crippen LogP contribution is -2.00. The van der Waals surface area contributed by atoms with Gasteiger partial charge in [-0.2, -0.15) is 0 Å². The fraction of sp³-hybridized carbons (Fsp3) is 0. The van der Waals surface area contributed by atoms with E-state index in [4.69, 9.17) is 28.8 Å². The summed E-state index contributed by atoms with van der Waals surface area (Å²) in [6.45, 7) is 0. The van der Waals surface area contributed by atoms with Gasteiger partial charge in [0.15, 0.2) is 23.1 Å². The summed E-state index contributed by atoms with van der Waals surface area (Å²) in [6.07, 6.45) is 0. The molecular formula is C56H34N4O2. The zero-order valence-corrected chi connectivity index (χ0v) is 33.2. The molecule has 3 heterocycles. The van der Waals surface area contributed by atoms with Crippen LogP contribution in [0, 0.1) is 0 Å². The van der Waals surface area contributed by atoms with Crippen LogP contribution >= 0.6 is 0 Å². The van der Waals surface area contributed by atoms with Gasteiger partial charge in [0.1, 0.15) is 16.7 Å². The number of rotatable bonds is 7. The van der Waals surface area contributed by atoms with Crippen molar-refractivity contribution in [3.05, 3.63) is 206 Å². The summed E-state index contributed by atoms with van der Waals surface area (Å²) in [4.78, 5) is 20.5. The molecule has 0 saturated carbocycles. The van der Waals surface area contributed by atoms with Crippen molar-refractivity contribution in [1.29, 1.82) is 0 Å². The van der Waals surface area contributed by atoms with Crippen LogP contribution in [-0.2, 0) is 0 Å². The van der Waals surface area contributed by atoms with Gasteiger partial charge < -0.3 is 8.83 Å². The van der Waals surface area contributed by atoms with Gasteiger partial charge in [-0.05, 0) is 62.9 Å². The van der Waals surface area contributed by atoms with Gasteiger partial charge in [0.25, 0.3) is 0 Å². The van der Waals surface area contributed by atoms with Crippen LogP contribution in [0.15, 0.2) is 215 Å². The quantitative estimate of drug-likeness (QED) is 0.160. The fourth-order valence-electron chi connectivity index (χ4n) is 8.62. The Morgan fingerprint density at radius 1 is 0.306 bits per heavy atom. The summed E-state index contributed by atoms with van der Waals surface area (Å²) in [5.74, 6) is 2.33. The molecular weight excluding hydrogens is 761 g/mol. The summed E-state index contributed by atoms with van der Waals surface area (Å²) < 4.78 is 13.4. The van der Waals surface area contributed by atoms with Gasteiger partial charge >= 0.3 is 0 Å². The zero-order chi connectivity index (χ0) is 41.0. The highest BCUT2D eigenvalue weighted by Gasteiger charge is 2.24. The minimum atomic E-state index is 0.543. The summed E-state index contributed by atoms with van der Waals surface area (Å²) >= 11 is 0. The van der Waals surface area contributed by atoms with E-state index in [1.54, 1.807) is 0 Å². The highest BCUT2D eigenvalue weighted by Crippen LogP contribution is 2.46. The van der Waals surface area contributed by atoms with Gasteiger partial charge in [0.2, 0.25) is 5.89 Å². The van der Waals surface area contributed by atoms with Gasteiger partial charge in [-0.15, -0.1) is 0 Å². The van der Waals surface area contributed by atoms with Crippen molar-refractivity contribution in [3.8, 4) is 79.0 Å². The molecule has 0 N–H and O–H groups in total. The summed E-state index contributed by atoms with van der Waals surface area (Å²) in [5.41, 5.74) is 13.0. The van der Waals surface area contributed by atoms with E-state index in [1.165, 1.54) is 0 Å². The minimum absolute atomic E-state index is 0.543. The van der Waals surface area contributed by atoms with Crippen molar-refractivity contribution in [2.24, 2.45) is 0 Å². The number of furan rings is 1. The third-order valence-corrected chi connectivity index (χ3v) is 11.6. The Labute approximate surface area is 356 Å². The Bertz CT molecular complexity index is 3620. The number of hydrogen-bond acceptors (Lipinski definition) is 6. The number of fused-ring (bicyclic) bond motifs is 5. The predicted molar refractivity (Wildman–Crippen MR) is 250 cm³/mol. The maximum Gasteiger partial charge on any atom is 0.227 e. The highest BCUT2D eigenvalue weighted by molar-refractivity contribution is 6.22. The highest BCUT2D eigenvalue weighted by atomic mass is 16.4. The molecule has 0 spiro atoms. The molecule has 0 saturated heterocycles. The molecule has 0 unspecified atom stereocenters. The first-order valence-electron chi connectivity index (χ1n) is 20.6. The molecule has 12 rings (SSSR count). The molecule has 3 aromatic heterocycles. The van der Waals surface area contributed by atoms with Crippen molar-refractivity contribution >= 4 is 43.8 Å². The molecule has 6 heteroatoms. The van der Waals surface area contributed by atoms with E-state index < -0.39 is 0 Å². The van der Waals surface area contributed by atoms with Crippen LogP contribution < -0.4 is 0 Å². The molecule has 6 nitrogen and oxygen atoms in total. The molecule has 9 aromatic carbocycles. The smallest absolute Gasteiger partial charge is 0.227 e. The Morgan fingerprint density at radius 3 is 1.56 bits per heavy atom. The molecule has 0 aliphatic carbocycles. The van der Waals surface area contributed by atoms with Crippen LogP contribution in [-0.4, -0.2) is 19.9 Å². The number of hydrogen-bond donors (Lipinski definition) is 0. The van der Waals surface area contributed by atoms with Crippen LogP contribution in [0.3, 0.4) is 0 Å². The zero-order valence-electron chi connectivity index (χ0n) is 33.2. The first-order chi connectivity index (χ1) is 30.7. The van der Waals surface area contributed by atoms with Gasteiger partial charge in [0.05, 0.1) is 0 Å². The molecule has 0 fully saturated rings. The SMILES string of the molecule is c1ccc(-c2ccc(-c3nc4cc5oc6ccccc6c5c(-c5cccc6c(-c7nc(-c8ccccc8)nc(-c8cccc(-c9ccccc9)c8)n7)cccc56)c4o3)cc2)cc1. The Morgan fingerprint density at radius 2 is 0.823 bits per heavy atom. The van der Waals surface area contributed by atoms with E-state index in [0.29, 0.717) is 34.5 Å². The molecule has 0 amide bonds. The Kier molecular flexibility index (Phi) is 8.38. The van der Waals surface area contributed by atoms with Gasteiger partial charge in [-0.1, -0.05) is 176 Å². The van der Waals surface area contributed by atoms with Crippen LogP contribution in [0.5, 0.6) is 0 Å². The summed E-state index contributed by atoms with van der Waals surface area (Å²) in [6, 6.07) is 70.4. The number of oxazole rings is 1. The van der Waals surface area contributed by atoms with Crippen molar-refractivity contribution in [2.75, 3.05) is 0 Å². The third-order valence-electron chi connectivity index (χ3n) is 11.6. The van der Waals surface area contributed by atoms with Crippen molar-refractivity contribution < 1.29 is 8.83 Å². The largest absolute Gasteiger partial charge is 0.456 e. The molecule has 0 atom stereocenters. The third kappa shape index (κ3) is 6.13. The summed E-state index contributed by atoms with van der Waals surface area (Å²) in [5, 5.41) is 3.99. The second-order valence-electron chi connectivity index (χ2n) is 15.4. The number of nitrogens with zero attached hydrogens (tertiary/aromatic N) is 4. The van der Waals surface area contributed by atoms with E-state index in [9.17, 15) is 0 Å². The van der Waals surface area contributed by atoms with Crippen LogP contribution in [0.4, 0.5) is 0 Å². The Hall–Kier alpha value is -8.48. The normalized spacial score (nSPS) is 11.5. The van der Waals surface area contributed by atoms with Crippen LogP contribution in [0.25, 0.3) is 123 Å². The molecule has 290 valence electrons. The summed E-state index contributed by atoms with van der Waals surface area (Å²) in [7, 11) is 0. The second kappa shape index (κ2) is 14.7. The van der Waals surface area contributed by atoms with E-state index in [1.807, 2.05) is 66.7 Å². The molecule has 62 heavy (non-hydrogen) atoms. The average molecular weight is 795 g/mol. The maximum atomic E-state index is 6.86. The first kappa shape index (κ1) is 35.5. The number of benzene rings is 9. The topological polar surface area (TPSA) is 77.8 Å². The van der Waals surface area contributed by atoms with Crippen molar-refractivity contribution in [1.82, 2.24) is 19.9 Å². The molecule has 0 aliphatic heterocycles. The van der Waals surface area contributed by atoms with Crippen molar-refractivity contribution in [3.63, 3.8) is 0 Å². The van der Waals surface area contributed by atoms with E-state index >= 15 is 0 Å². The van der Waals surface area contributed by atoms with E-state index in [-0.39, 0.29) is 0 Å². The molecule has 12 aromatic rings. The van der Waals surface area contributed by atoms with E-state index in [2.05, 4.69) is 140 Å². The number of aromatic nitrogens is 4. The average Bonchev–Trinajstić information content (AvgIpc) is 3.95. The standard InChI is InChI=1S/C56H34N4O2/c1-4-15-35(16-5-1)37-29-31-39(32-30-37)56-57-47-34-49-50(46-23-10-11-28-48(46)61-49)51(52(47)62-56)44-26-13-25-43-42(44)24-14-27-45(43)55-59-53(38-19-8-3-9-20-38)58-54(60-55)41-22-12-21-40(33-41)36-17-6-2-7-18-36/h1-34H. The molecule has 0 radical (unpaired) electrons. The lowest BCUT2D eigenvalue weighted by molar-refractivity contribution is 0.621. The molecule has 0 bridgehead atoms. The first-order valence-corrected chi connectivity index (χ1v) is 20.6. The van der Waals surface area contributed by atoms with Gasteiger partial charge in [-0.3, -0.25) is 0 Å². The van der Waals surface area contributed by atoms with Crippen LogP contribution in [0.2, 0.25) is 0 Å². The maximum absolute atomic E-state index is 6.86. The second-order valence-corrected chi connectivity index (χ2v) is 15.4. The predicted octanol–water partition coefficient (Wildman–Crippen LogP) is 14.7. The van der Waals surface area contributed by atoms with Crippen molar-refractivity contribution in [2.45, 2.75) is 0 Å². The monoisotopic (exact) mass is 794 g/mol. The number of para-hydroxylation sites is 1. The minimum Gasteiger partial charge on any atom is -0.456 e. The van der Waals surface area contributed by atoms with Crippen LogP contribution in [0.1, 0.15) is 0 Å². The Balaban J connectivity index is 1.05. The lowest BCUT2D eigenvalue weighted by Gasteiger charge is -2.13. The van der Waals surface area contributed by atoms with Gasteiger partial charge in [-0.25, -0.2) is 19.9 Å². The fourth-order valence-corrected chi connectivity index (χ4v) is 8.62. The molecule has 0 aliphatic rings.